The maximum absolute atomic E-state index is 10.9. The molecule has 0 atom stereocenters. The summed E-state index contributed by atoms with van der Waals surface area (Å²) in [6.45, 7) is 6.50. The zero-order chi connectivity index (χ0) is 17.2. The number of halogens is 1. The lowest BCUT2D eigenvalue weighted by atomic mass is 10.1. The zero-order valence-electron chi connectivity index (χ0n) is 14.1. The first kappa shape index (κ1) is 19.5. The molecule has 1 aromatic carbocycles. The van der Waals surface area contributed by atoms with Gasteiger partial charge in [-0.1, -0.05) is 35.0 Å². The molecule has 2 rings (SSSR count). The number of nitrogens with zero attached hydrogens (tertiary/aromatic N) is 3. The molecule has 0 unspecified atom stereocenters. The molecule has 0 aliphatic carbocycles. The molecule has 0 radical (unpaired) electrons. The van der Waals surface area contributed by atoms with E-state index in [4.69, 9.17) is 4.84 Å². The lowest BCUT2D eigenvalue weighted by Gasteiger charge is -2.23. The van der Waals surface area contributed by atoms with E-state index in [1.807, 2.05) is 44.4 Å². The van der Waals surface area contributed by atoms with E-state index in [1.54, 1.807) is 12.2 Å². The van der Waals surface area contributed by atoms with Gasteiger partial charge in [0.15, 0.2) is 6.29 Å². The molecule has 0 spiro atoms. The summed E-state index contributed by atoms with van der Waals surface area (Å²) in [5, 5.41) is 1.75. The highest BCUT2D eigenvalue weighted by atomic mass is 79.9. The Kier molecular flexibility index (Phi) is 8.76. The van der Waals surface area contributed by atoms with Crippen LogP contribution in [0.1, 0.15) is 19.4 Å². The van der Waals surface area contributed by atoms with Gasteiger partial charge in [-0.3, -0.25) is 4.79 Å². The summed E-state index contributed by atoms with van der Waals surface area (Å²) in [6, 6.07) is 7.91. The van der Waals surface area contributed by atoms with E-state index in [-0.39, 0.29) is 0 Å². The maximum Gasteiger partial charge on any atom is 0.166 e. The van der Waals surface area contributed by atoms with E-state index in [9.17, 15) is 4.79 Å². The van der Waals surface area contributed by atoms with Crippen molar-refractivity contribution in [2.45, 2.75) is 13.8 Å². The van der Waals surface area contributed by atoms with Gasteiger partial charge >= 0.3 is 0 Å². The molecule has 0 N–H and O–H groups in total. The highest BCUT2D eigenvalue weighted by molar-refractivity contribution is 9.10. The van der Waals surface area contributed by atoms with E-state index in [0.717, 1.165) is 35.1 Å². The fourth-order valence-electron chi connectivity index (χ4n) is 1.80. The summed E-state index contributed by atoms with van der Waals surface area (Å²) in [5.74, 6) is 0. The van der Waals surface area contributed by atoms with Crippen LogP contribution in [-0.2, 0) is 9.63 Å². The number of hydrogen-bond donors (Lipinski definition) is 0. The zero-order valence-corrected chi connectivity index (χ0v) is 15.7. The largest absolute Gasteiger partial charge is 0.370 e. The predicted octanol–water partition coefficient (Wildman–Crippen LogP) is 3.22. The topological polar surface area (TPSA) is 45.1 Å². The summed E-state index contributed by atoms with van der Waals surface area (Å²) < 4.78 is 1.03. The van der Waals surface area contributed by atoms with E-state index < -0.39 is 0 Å². The fourth-order valence-corrected chi connectivity index (χ4v) is 2.07. The van der Waals surface area contributed by atoms with E-state index in [1.165, 1.54) is 0 Å². The van der Waals surface area contributed by atoms with Gasteiger partial charge < -0.3 is 9.74 Å². The van der Waals surface area contributed by atoms with Gasteiger partial charge in [-0.05, 0) is 19.1 Å². The number of hydroxylamine groups is 2. The Morgan fingerprint density at radius 3 is 2.43 bits per heavy atom. The molecule has 1 aliphatic heterocycles. The molecule has 6 heteroatoms. The molecule has 23 heavy (non-hydrogen) atoms. The molecule has 0 aromatic heterocycles. The van der Waals surface area contributed by atoms with Crippen LogP contribution in [0.4, 0.5) is 0 Å². The third-order valence-corrected chi connectivity index (χ3v) is 3.90. The Labute approximate surface area is 146 Å². The highest BCUT2D eigenvalue weighted by Gasteiger charge is 2.13. The van der Waals surface area contributed by atoms with Crippen molar-refractivity contribution in [3.63, 3.8) is 0 Å². The van der Waals surface area contributed by atoms with E-state index in [2.05, 4.69) is 32.7 Å². The minimum absolute atomic E-state index is 0.576. The van der Waals surface area contributed by atoms with Crippen molar-refractivity contribution in [1.29, 1.82) is 0 Å². The Hall–Kier alpha value is -1.50. The lowest BCUT2D eigenvalue weighted by molar-refractivity contribution is -0.104. The fraction of sp³-hybridized carbons (Fsp3) is 0.412. The van der Waals surface area contributed by atoms with Gasteiger partial charge in [0.1, 0.15) is 5.71 Å². The molecule has 126 valence electrons. The number of carbonyl (C=O) groups excluding carboxylic acids is 1. The second kappa shape index (κ2) is 10.3. The summed E-state index contributed by atoms with van der Waals surface area (Å²) in [4.78, 5) is 22.0. The molecule has 0 amide bonds. The first-order valence-electron chi connectivity index (χ1n) is 7.53. The maximum atomic E-state index is 10.9. The molecular weight excluding hydrogens is 358 g/mol. The molecule has 0 saturated carbocycles. The minimum Gasteiger partial charge on any atom is -0.370 e. The van der Waals surface area contributed by atoms with Gasteiger partial charge in [-0.25, -0.2) is 4.99 Å². The number of benzene rings is 1. The predicted molar refractivity (Wildman–Crippen MR) is 98.2 cm³/mol. The molecule has 0 fully saturated rings. The Morgan fingerprint density at radius 1 is 1.35 bits per heavy atom. The quantitative estimate of drug-likeness (QED) is 0.580. The number of rotatable bonds is 5. The van der Waals surface area contributed by atoms with Crippen LogP contribution < -0.4 is 0 Å². The van der Waals surface area contributed by atoms with Gasteiger partial charge in [0.05, 0.1) is 19.4 Å². The number of aldehydes is 1. The van der Waals surface area contributed by atoms with Crippen molar-refractivity contribution in [2.24, 2.45) is 4.99 Å². The average Bonchev–Trinajstić information content (AvgIpc) is 2.61. The van der Waals surface area contributed by atoms with E-state index in [0.29, 0.717) is 12.3 Å². The SMILES string of the molecule is CCN(C)OC.CCN1C=C(c2ccc(Br)cc2)N=C(C=O)C1. The van der Waals surface area contributed by atoms with Gasteiger partial charge in [0.2, 0.25) is 0 Å². The van der Waals surface area contributed by atoms with Crippen LogP contribution in [-0.4, -0.2) is 55.8 Å². The van der Waals surface area contributed by atoms with Gasteiger partial charge in [0, 0.05) is 36.4 Å². The van der Waals surface area contributed by atoms with Crippen LogP contribution in [0.5, 0.6) is 0 Å². The van der Waals surface area contributed by atoms with Crippen LogP contribution in [0.25, 0.3) is 5.70 Å². The van der Waals surface area contributed by atoms with Gasteiger partial charge in [-0.15, -0.1) is 0 Å². The monoisotopic (exact) mass is 381 g/mol. The highest BCUT2D eigenvalue weighted by Crippen LogP contribution is 2.22. The molecule has 1 heterocycles. The van der Waals surface area contributed by atoms with Crippen molar-refractivity contribution in [3.05, 3.63) is 40.5 Å². The smallest absolute Gasteiger partial charge is 0.166 e. The molecule has 0 saturated heterocycles. The first-order valence-corrected chi connectivity index (χ1v) is 8.33. The molecule has 1 aromatic rings. The number of carbonyl (C=O) groups is 1. The molecule has 5 nitrogen and oxygen atoms in total. The van der Waals surface area contributed by atoms with Crippen molar-refractivity contribution in [1.82, 2.24) is 9.96 Å². The number of hydrogen-bond acceptors (Lipinski definition) is 5. The van der Waals surface area contributed by atoms with Crippen molar-refractivity contribution in [3.8, 4) is 0 Å². The Morgan fingerprint density at radius 2 is 2.00 bits per heavy atom. The van der Waals surface area contributed by atoms with Crippen LogP contribution in [0.15, 0.2) is 39.9 Å². The normalized spacial score (nSPS) is 13.9. The summed E-state index contributed by atoms with van der Waals surface area (Å²) >= 11 is 3.40. The lowest BCUT2D eigenvalue weighted by Crippen LogP contribution is -2.28. The second-order valence-corrected chi connectivity index (χ2v) is 5.85. The van der Waals surface area contributed by atoms with Crippen LogP contribution in [0, 0.1) is 0 Å². The van der Waals surface area contributed by atoms with Gasteiger partial charge in [-0.2, -0.15) is 5.06 Å². The standard InChI is InChI=1S/C13H13BrN2O.C4H11NO/c1-2-16-7-12(9-17)15-13(8-16)10-3-5-11(14)6-4-10;1-4-5(2)6-3/h3-6,8-9H,2,7H2,1H3;4H2,1-3H3. The molecule has 1 aliphatic rings. The Balaban J connectivity index is 0.000000379. The Bertz CT molecular complexity index is 551. The van der Waals surface area contributed by atoms with Crippen LogP contribution in [0.3, 0.4) is 0 Å². The van der Waals surface area contributed by atoms with Crippen LogP contribution >= 0.6 is 15.9 Å². The summed E-state index contributed by atoms with van der Waals surface area (Å²) in [7, 11) is 3.55. The van der Waals surface area contributed by atoms with Gasteiger partial charge in [0.25, 0.3) is 0 Å². The van der Waals surface area contributed by atoms with Crippen molar-refractivity contribution >= 4 is 33.6 Å². The van der Waals surface area contributed by atoms with Crippen molar-refractivity contribution in [2.75, 3.05) is 33.8 Å². The van der Waals surface area contributed by atoms with Crippen LogP contribution in [0.2, 0.25) is 0 Å². The third-order valence-electron chi connectivity index (χ3n) is 3.37. The summed E-state index contributed by atoms with van der Waals surface area (Å²) in [6.07, 6.45) is 2.82. The van der Waals surface area contributed by atoms with E-state index >= 15 is 0 Å². The molecule has 0 bridgehead atoms. The van der Waals surface area contributed by atoms with Crippen molar-refractivity contribution < 1.29 is 9.63 Å². The first-order chi connectivity index (χ1) is 11.0. The average molecular weight is 382 g/mol. The second-order valence-electron chi connectivity index (χ2n) is 4.93. The summed E-state index contributed by atoms with van der Waals surface area (Å²) in [5.41, 5.74) is 2.44. The molecular formula is C17H24BrN3O2. The minimum atomic E-state index is 0.576. The number of aliphatic imine (C=N–C) groups is 1. The third kappa shape index (κ3) is 6.64.